The first-order valence-corrected chi connectivity index (χ1v) is 7.42. The molecule has 2 rings (SSSR count). The van der Waals surface area contributed by atoms with E-state index in [0.717, 1.165) is 13.0 Å². The lowest BCUT2D eigenvalue weighted by Crippen LogP contribution is -2.29. The fourth-order valence-electron chi connectivity index (χ4n) is 2.07. The highest BCUT2D eigenvalue weighted by Gasteiger charge is 2.34. The van der Waals surface area contributed by atoms with Gasteiger partial charge in [-0.1, -0.05) is 13.8 Å². The summed E-state index contributed by atoms with van der Waals surface area (Å²) in [4.78, 5) is 29.7. The number of thiazole rings is 1. The standard InChI is InChI=1S/C13H19N3O2S/c1-9(2)3-5-16-8-10(7-11(16)17)12(18)15-13-14-4-6-19-13/h4,6,9-10H,3,5,7-8H2,1-2H3,(H,14,15,18)/t10-/m0/s1. The molecular weight excluding hydrogens is 262 g/mol. The third kappa shape index (κ3) is 3.76. The largest absolute Gasteiger partial charge is 0.342 e. The number of aromatic nitrogens is 1. The number of amides is 2. The minimum atomic E-state index is -0.247. The molecule has 0 aliphatic carbocycles. The van der Waals surface area contributed by atoms with Crippen molar-refractivity contribution in [2.45, 2.75) is 26.7 Å². The van der Waals surface area contributed by atoms with E-state index in [4.69, 9.17) is 0 Å². The summed E-state index contributed by atoms with van der Waals surface area (Å²) in [5.74, 6) is 0.301. The molecule has 2 amide bonds. The van der Waals surface area contributed by atoms with Crippen LogP contribution < -0.4 is 5.32 Å². The van der Waals surface area contributed by atoms with Crippen molar-refractivity contribution in [3.05, 3.63) is 11.6 Å². The van der Waals surface area contributed by atoms with Crippen LogP contribution in [0.4, 0.5) is 5.13 Å². The Hall–Kier alpha value is -1.43. The predicted octanol–water partition coefficient (Wildman–Crippen LogP) is 1.98. The third-order valence-corrected chi connectivity index (χ3v) is 3.91. The van der Waals surface area contributed by atoms with Crippen LogP contribution >= 0.6 is 11.3 Å². The molecule has 0 unspecified atom stereocenters. The zero-order chi connectivity index (χ0) is 13.8. The van der Waals surface area contributed by atoms with Crippen molar-refractivity contribution in [2.75, 3.05) is 18.4 Å². The minimum Gasteiger partial charge on any atom is -0.342 e. The highest BCUT2D eigenvalue weighted by Crippen LogP contribution is 2.21. The summed E-state index contributed by atoms with van der Waals surface area (Å²) in [7, 11) is 0. The summed E-state index contributed by atoms with van der Waals surface area (Å²) in [6.07, 6.45) is 2.94. The number of carbonyl (C=O) groups excluding carboxylic acids is 2. The second-order valence-electron chi connectivity index (χ2n) is 5.25. The molecule has 19 heavy (non-hydrogen) atoms. The third-order valence-electron chi connectivity index (χ3n) is 3.22. The first kappa shape index (κ1) is 14.0. The monoisotopic (exact) mass is 281 g/mol. The smallest absolute Gasteiger partial charge is 0.231 e. The van der Waals surface area contributed by atoms with Crippen LogP contribution in [-0.2, 0) is 9.59 Å². The van der Waals surface area contributed by atoms with Gasteiger partial charge in [-0.25, -0.2) is 4.98 Å². The topological polar surface area (TPSA) is 62.3 Å². The highest BCUT2D eigenvalue weighted by atomic mass is 32.1. The van der Waals surface area contributed by atoms with Crippen LogP contribution in [0.15, 0.2) is 11.6 Å². The van der Waals surface area contributed by atoms with Crippen molar-refractivity contribution >= 4 is 28.3 Å². The van der Waals surface area contributed by atoms with Crippen LogP contribution in [0.2, 0.25) is 0 Å². The first-order chi connectivity index (χ1) is 9.06. The highest BCUT2D eigenvalue weighted by molar-refractivity contribution is 7.13. The predicted molar refractivity (Wildman–Crippen MR) is 74.9 cm³/mol. The molecule has 0 radical (unpaired) electrons. The summed E-state index contributed by atoms with van der Waals surface area (Å²) >= 11 is 1.38. The van der Waals surface area contributed by atoms with Crippen molar-refractivity contribution in [3.8, 4) is 0 Å². The Morgan fingerprint density at radius 2 is 2.42 bits per heavy atom. The lowest BCUT2D eigenvalue weighted by Gasteiger charge is -2.17. The van der Waals surface area contributed by atoms with E-state index < -0.39 is 0 Å². The van der Waals surface area contributed by atoms with Gasteiger partial charge in [0.25, 0.3) is 0 Å². The Kier molecular flexibility index (Phi) is 4.52. The second kappa shape index (κ2) is 6.14. The van der Waals surface area contributed by atoms with Gasteiger partial charge in [-0.05, 0) is 12.3 Å². The van der Waals surface area contributed by atoms with Gasteiger partial charge in [-0.3, -0.25) is 9.59 Å². The molecule has 5 nitrogen and oxygen atoms in total. The van der Waals surface area contributed by atoms with E-state index in [1.165, 1.54) is 11.3 Å². The number of anilines is 1. The lowest BCUT2D eigenvalue weighted by atomic mass is 10.1. The van der Waals surface area contributed by atoms with E-state index in [-0.39, 0.29) is 17.7 Å². The summed E-state index contributed by atoms with van der Waals surface area (Å²) in [5.41, 5.74) is 0. The van der Waals surface area contributed by atoms with Crippen LogP contribution in [0.5, 0.6) is 0 Å². The number of hydrogen-bond acceptors (Lipinski definition) is 4. The Labute approximate surface area is 117 Å². The molecule has 1 aliphatic rings. The van der Waals surface area contributed by atoms with Crippen molar-refractivity contribution in [2.24, 2.45) is 11.8 Å². The van der Waals surface area contributed by atoms with E-state index in [9.17, 15) is 9.59 Å². The Morgan fingerprint density at radius 1 is 1.63 bits per heavy atom. The molecule has 0 aromatic carbocycles. The van der Waals surface area contributed by atoms with Gasteiger partial charge in [0.05, 0.1) is 5.92 Å². The maximum Gasteiger partial charge on any atom is 0.231 e. The van der Waals surface area contributed by atoms with Gasteiger partial charge in [0.1, 0.15) is 0 Å². The molecule has 1 saturated heterocycles. The molecule has 2 heterocycles. The van der Waals surface area contributed by atoms with E-state index in [1.807, 2.05) is 5.38 Å². The minimum absolute atomic E-state index is 0.0833. The number of nitrogens with zero attached hydrogens (tertiary/aromatic N) is 2. The second-order valence-corrected chi connectivity index (χ2v) is 6.14. The normalized spacial score (nSPS) is 19.2. The lowest BCUT2D eigenvalue weighted by molar-refractivity contribution is -0.128. The first-order valence-electron chi connectivity index (χ1n) is 6.54. The molecule has 1 aliphatic heterocycles. The van der Waals surface area contributed by atoms with Gasteiger partial charge in [-0.2, -0.15) is 0 Å². The molecule has 1 aromatic rings. The van der Waals surface area contributed by atoms with Crippen molar-refractivity contribution in [1.29, 1.82) is 0 Å². The Bertz CT molecular complexity index is 445. The molecule has 0 spiro atoms. The van der Waals surface area contributed by atoms with E-state index in [1.54, 1.807) is 11.1 Å². The molecule has 104 valence electrons. The zero-order valence-electron chi connectivity index (χ0n) is 11.3. The van der Waals surface area contributed by atoms with Crippen molar-refractivity contribution < 1.29 is 9.59 Å². The molecule has 1 fully saturated rings. The Balaban J connectivity index is 1.86. The average molecular weight is 281 g/mol. The van der Waals surface area contributed by atoms with Crippen LogP contribution in [0.3, 0.4) is 0 Å². The fourth-order valence-corrected chi connectivity index (χ4v) is 2.60. The maximum atomic E-state index is 12.0. The number of rotatable bonds is 5. The van der Waals surface area contributed by atoms with E-state index in [2.05, 4.69) is 24.1 Å². The average Bonchev–Trinajstić information content (AvgIpc) is 2.96. The molecule has 0 saturated carbocycles. The van der Waals surface area contributed by atoms with E-state index in [0.29, 0.717) is 24.0 Å². The summed E-state index contributed by atoms with van der Waals surface area (Å²) in [6.45, 7) is 5.54. The number of hydrogen-bond donors (Lipinski definition) is 1. The van der Waals surface area contributed by atoms with Gasteiger partial charge in [0.2, 0.25) is 11.8 Å². The fraction of sp³-hybridized carbons (Fsp3) is 0.615. The van der Waals surface area contributed by atoms with Crippen molar-refractivity contribution in [3.63, 3.8) is 0 Å². The van der Waals surface area contributed by atoms with Crippen LogP contribution in [0.1, 0.15) is 26.7 Å². The molecule has 6 heteroatoms. The van der Waals surface area contributed by atoms with Crippen LogP contribution in [0, 0.1) is 11.8 Å². The van der Waals surface area contributed by atoms with E-state index >= 15 is 0 Å². The molecule has 1 atom stereocenters. The van der Waals surface area contributed by atoms with Gasteiger partial charge in [0, 0.05) is 31.1 Å². The summed E-state index contributed by atoms with van der Waals surface area (Å²) in [5, 5.41) is 5.16. The number of carbonyl (C=O) groups is 2. The van der Waals surface area contributed by atoms with Crippen molar-refractivity contribution in [1.82, 2.24) is 9.88 Å². The van der Waals surface area contributed by atoms with Gasteiger partial charge >= 0.3 is 0 Å². The number of likely N-dealkylation sites (tertiary alicyclic amines) is 1. The van der Waals surface area contributed by atoms with Crippen LogP contribution in [-0.4, -0.2) is 34.8 Å². The maximum absolute atomic E-state index is 12.0. The summed E-state index contributed by atoms with van der Waals surface area (Å²) < 4.78 is 0. The molecule has 1 N–H and O–H groups in total. The number of nitrogens with one attached hydrogen (secondary N) is 1. The van der Waals surface area contributed by atoms with Crippen LogP contribution in [0.25, 0.3) is 0 Å². The van der Waals surface area contributed by atoms with Gasteiger partial charge in [0.15, 0.2) is 5.13 Å². The summed E-state index contributed by atoms with van der Waals surface area (Å²) in [6, 6.07) is 0. The van der Waals surface area contributed by atoms with Gasteiger partial charge in [-0.15, -0.1) is 11.3 Å². The molecule has 1 aromatic heterocycles. The quantitative estimate of drug-likeness (QED) is 0.897. The zero-order valence-corrected chi connectivity index (χ0v) is 12.1. The van der Waals surface area contributed by atoms with Gasteiger partial charge < -0.3 is 10.2 Å². The molecule has 0 bridgehead atoms. The molecular formula is C13H19N3O2S. The Morgan fingerprint density at radius 3 is 3.05 bits per heavy atom. The SMILES string of the molecule is CC(C)CCN1C[C@@H](C(=O)Nc2nccs2)CC1=O.